The second-order valence-electron chi connectivity index (χ2n) is 6.82. The molecule has 0 saturated carbocycles. The van der Waals surface area contributed by atoms with E-state index in [0.717, 1.165) is 22.2 Å². The van der Waals surface area contributed by atoms with E-state index in [9.17, 15) is 13.6 Å². The monoisotopic (exact) mass is 380 g/mol. The highest BCUT2D eigenvalue weighted by molar-refractivity contribution is 5.94. The van der Waals surface area contributed by atoms with Crippen LogP contribution in [-0.2, 0) is 7.05 Å². The van der Waals surface area contributed by atoms with E-state index >= 15 is 0 Å². The van der Waals surface area contributed by atoms with Crippen LogP contribution in [0.4, 0.5) is 8.78 Å². The highest BCUT2D eigenvalue weighted by atomic mass is 19.1. The fourth-order valence-electron chi connectivity index (χ4n) is 3.25. The van der Waals surface area contributed by atoms with Crippen molar-refractivity contribution in [3.63, 3.8) is 0 Å². The van der Waals surface area contributed by atoms with Crippen LogP contribution in [0.5, 0.6) is 0 Å². The van der Waals surface area contributed by atoms with E-state index in [0.29, 0.717) is 11.4 Å². The van der Waals surface area contributed by atoms with Gasteiger partial charge in [-0.3, -0.25) is 9.48 Å². The lowest BCUT2D eigenvalue weighted by atomic mass is 10.1. The number of nitrogens with one attached hydrogen (secondary N) is 1. The number of amides is 1. The van der Waals surface area contributed by atoms with Crippen molar-refractivity contribution in [3.05, 3.63) is 65.9 Å². The Balaban J connectivity index is 1.79. The molecule has 0 radical (unpaired) electrons. The average molecular weight is 380 g/mol. The SMILES string of the molecule is CN(C)C(=O)c1cc(-c2ccc3[nH]c(-c4c(F)cccc4F)cc3c2)n(C)n1. The minimum Gasteiger partial charge on any atom is -0.354 e. The highest BCUT2D eigenvalue weighted by Crippen LogP contribution is 2.31. The fourth-order valence-corrected chi connectivity index (χ4v) is 3.25. The van der Waals surface area contributed by atoms with Crippen LogP contribution in [-0.4, -0.2) is 39.7 Å². The number of rotatable bonds is 3. The summed E-state index contributed by atoms with van der Waals surface area (Å²) in [5, 5.41) is 5.09. The summed E-state index contributed by atoms with van der Waals surface area (Å²) in [6.07, 6.45) is 0. The second-order valence-corrected chi connectivity index (χ2v) is 6.82. The third kappa shape index (κ3) is 2.94. The van der Waals surface area contributed by atoms with Crippen molar-refractivity contribution in [2.45, 2.75) is 0 Å². The molecule has 0 atom stereocenters. The molecule has 4 rings (SSSR count). The lowest BCUT2D eigenvalue weighted by molar-refractivity contribution is 0.0821. The number of carbonyl (C=O) groups is 1. The van der Waals surface area contributed by atoms with E-state index in [1.54, 1.807) is 38.0 Å². The van der Waals surface area contributed by atoms with E-state index in [2.05, 4.69) is 10.1 Å². The zero-order valence-electron chi connectivity index (χ0n) is 15.6. The zero-order chi connectivity index (χ0) is 20.0. The molecule has 0 aliphatic carbocycles. The van der Waals surface area contributed by atoms with Crippen LogP contribution >= 0.6 is 0 Å². The Kier molecular flexibility index (Phi) is 4.22. The van der Waals surface area contributed by atoms with Crippen molar-refractivity contribution in [1.82, 2.24) is 19.7 Å². The Hall–Kier alpha value is -3.48. The summed E-state index contributed by atoms with van der Waals surface area (Å²) in [6, 6.07) is 12.9. The van der Waals surface area contributed by atoms with Crippen LogP contribution in [0.3, 0.4) is 0 Å². The molecule has 0 spiro atoms. The summed E-state index contributed by atoms with van der Waals surface area (Å²) in [5.74, 6) is -1.42. The number of aromatic amines is 1. The van der Waals surface area contributed by atoms with Gasteiger partial charge in [0.1, 0.15) is 11.6 Å². The Morgan fingerprint density at radius 1 is 1.07 bits per heavy atom. The zero-order valence-corrected chi connectivity index (χ0v) is 15.6. The quantitative estimate of drug-likeness (QED) is 0.579. The van der Waals surface area contributed by atoms with Crippen molar-refractivity contribution < 1.29 is 13.6 Å². The van der Waals surface area contributed by atoms with Gasteiger partial charge in [0, 0.05) is 37.6 Å². The summed E-state index contributed by atoms with van der Waals surface area (Å²) in [7, 11) is 5.11. The largest absolute Gasteiger partial charge is 0.354 e. The van der Waals surface area contributed by atoms with E-state index in [-0.39, 0.29) is 11.5 Å². The summed E-state index contributed by atoms with van der Waals surface area (Å²) in [4.78, 5) is 16.7. The third-order valence-corrected chi connectivity index (χ3v) is 4.65. The molecule has 5 nitrogen and oxygen atoms in total. The number of nitrogens with zero attached hydrogens (tertiary/aromatic N) is 3. The second kappa shape index (κ2) is 6.60. The first-order valence-corrected chi connectivity index (χ1v) is 8.68. The van der Waals surface area contributed by atoms with Gasteiger partial charge < -0.3 is 9.88 Å². The number of benzene rings is 2. The molecule has 0 bridgehead atoms. The molecule has 0 fully saturated rings. The van der Waals surface area contributed by atoms with Crippen molar-refractivity contribution in [2.75, 3.05) is 14.1 Å². The number of halogens is 2. The molecule has 0 unspecified atom stereocenters. The number of fused-ring (bicyclic) bond motifs is 1. The van der Waals surface area contributed by atoms with Gasteiger partial charge in [0.15, 0.2) is 5.69 Å². The molecule has 28 heavy (non-hydrogen) atoms. The molecule has 1 N–H and O–H groups in total. The maximum atomic E-state index is 14.1. The number of hydrogen-bond acceptors (Lipinski definition) is 2. The Bertz CT molecular complexity index is 1190. The first-order valence-electron chi connectivity index (χ1n) is 8.68. The predicted molar refractivity (Wildman–Crippen MR) is 104 cm³/mol. The topological polar surface area (TPSA) is 53.9 Å². The highest BCUT2D eigenvalue weighted by Gasteiger charge is 2.17. The number of H-pyrrole nitrogens is 1. The predicted octanol–water partition coefficient (Wildman–Crippen LogP) is 4.22. The minimum absolute atomic E-state index is 0.0837. The summed E-state index contributed by atoms with van der Waals surface area (Å²) >= 11 is 0. The van der Waals surface area contributed by atoms with Crippen molar-refractivity contribution in [2.24, 2.45) is 7.05 Å². The van der Waals surface area contributed by atoms with E-state index in [1.807, 2.05) is 18.2 Å². The van der Waals surface area contributed by atoms with Gasteiger partial charge in [0.05, 0.1) is 17.0 Å². The van der Waals surface area contributed by atoms with E-state index in [4.69, 9.17) is 0 Å². The van der Waals surface area contributed by atoms with Crippen LogP contribution in [0.15, 0.2) is 48.5 Å². The first kappa shape index (κ1) is 17.9. The standard InChI is InChI=1S/C21H18F2N4O/c1-26(2)21(28)18-11-19(27(3)25-18)12-7-8-16-13(9-12)10-17(24-16)20-14(22)5-4-6-15(20)23/h4-11,24H,1-3H3. The van der Waals surface area contributed by atoms with Gasteiger partial charge >= 0.3 is 0 Å². The molecule has 0 aliphatic rings. The maximum Gasteiger partial charge on any atom is 0.273 e. The molecule has 4 aromatic rings. The Morgan fingerprint density at radius 3 is 2.46 bits per heavy atom. The minimum atomic E-state index is -0.620. The van der Waals surface area contributed by atoms with Crippen LogP contribution < -0.4 is 0 Å². The first-order chi connectivity index (χ1) is 13.3. The third-order valence-electron chi connectivity index (χ3n) is 4.65. The number of aromatic nitrogens is 3. The van der Waals surface area contributed by atoms with Crippen LogP contribution in [0, 0.1) is 11.6 Å². The van der Waals surface area contributed by atoms with Crippen LogP contribution in [0.25, 0.3) is 33.4 Å². The van der Waals surface area contributed by atoms with Gasteiger partial charge in [-0.05, 0) is 36.4 Å². The van der Waals surface area contributed by atoms with Gasteiger partial charge in [0.25, 0.3) is 5.91 Å². The number of hydrogen-bond donors (Lipinski definition) is 1. The Labute approximate surface area is 160 Å². The lowest BCUT2D eigenvalue weighted by Gasteiger charge is -2.06. The molecule has 142 valence electrons. The number of aryl methyl sites for hydroxylation is 1. The van der Waals surface area contributed by atoms with E-state index < -0.39 is 11.6 Å². The van der Waals surface area contributed by atoms with Crippen LogP contribution in [0.2, 0.25) is 0 Å². The van der Waals surface area contributed by atoms with Crippen molar-refractivity contribution in [1.29, 1.82) is 0 Å². The smallest absolute Gasteiger partial charge is 0.273 e. The van der Waals surface area contributed by atoms with Crippen molar-refractivity contribution >= 4 is 16.8 Å². The van der Waals surface area contributed by atoms with Gasteiger partial charge in [-0.25, -0.2) is 8.78 Å². The normalized spacial score (nSPS) is 11.2. The fraction of sp³-hybridized carbons (Fsp3) is 0.143. The summed E-state index contributed by atoms with van der Waals surface area (Å²) < 4.78 is 29.8. The average Bonchev–Trinajstić information content (AvgIpc) is 3.23. The van der Waals surface area contributed by atoms with Crippen molar-refractivity contribution in [3.8, 4) is 22.5 Å². The Morgan fingerprint density at radius 2 is 1.79 bits per heavy atom. The molecular weight excluding hydrogens is 362 g/mol. The molecule has 2 aromatic heterocycles. The van der Waals surface area contributed by atoms with Gasteiger partial charge in [-0.1, -0.05) is 12.1 Å². The molecule has 0 aliphatic heterocycles. The number of carbonyl (C=O) groups excluding carboxylic acids is 1. The van der Waals surface area contributed by atoms with Crippen LogP contribution in [0.1, 0.15) is 10.5 Å². The summed E-state index contributed by atoms with van der Waals surface area (Å²) in [6.45, 7) is 0. The van der Waals surface area contributed by atoms with Gasteiger partial charge in [-0.15, -0.1) is 0 Å². The molecule has 1 amide bonds. The molecule has 0 saturated heterocycles. The van der Waals surface area contributed by atoms with E-state index in [1.165, 1.54) is 23.1 Å². The van der Waals surface area contributed by atoms with Gasteiger partial charge in [-0.2, -0.15) is 5.10 Å². The summed E-state index contributed by atoms with van der Waals surface area (Å²) in [5.41, 5.74) is 3.02. The molecule has 7 heteroatoms. The molecule has 2 heterocycles. The molecular formula is C21H18F2N4O. The maximum absolute atomic E-state index is 14.1. The lowest BCUT2D eigenvalue weighted by Crippen LogP contribution is -2.22. The molecule has 2 aromatic carbocycles. The van der Waals surface area contributed by atoms with Gasteiger partial charge in [0.2, 0.25) is 0 Å².